The van der Waals surface area contributed by atoms with E-state index in [2.05, 4.69) is 15.5 Å². The molecule has 112 valence electrons. The molecule has 0 aromatic heterocycles. The van der Waals surface area contributed by atoms with Crippen LogP contribution >= 0.6 is 0 Å². The van der Waals surface area contributed by atoms with E-state index in [9.17, 15) is 4.79 Å². The molecule has 0 heterocycles. The highest BCUT2D eigenvalue weighted by molar-refractivity contribution is 5.73. The third-order valence-electron chi connectivity index (χ3n) is 2.86. The summed E-state index contributed by atoms with van der Waals surface area (Å²) in [6, 6.07) is 9.70. The second kappa shape index (κ2) is 9.17. The molecule has 1 atom stereocenters. The van der Waals surface area contributed by atoms with E-state index < -0.39 is 6.10 Å². The summed E-state index contributed by atoms with van der Waals surface area (Å²) < 4.78 is 0. The molecule has 0 bridgehead atoms. The van der Waals surface area contributed by atoms with Gasteiger partial charge in [0.1, 0.15) is 0 Å². The number of rotatable bonds is 8. The van der Waals surface area contributed by atoms with Crippen LogP contribution in [0.1, 0.15) is 6.42 Å². The Kier molecular flexibility index (Phi) is 7.46. The summed E-state index contributed by atoms with van der Waals surface area (Å²) in [5.41, 5.74) is 1.14. The number of nitrogens with one attached hydrogen (secondary N) is 2. The number of aliphatic hydroxyl groups excluding tert-OH is 2. The monoisotopic (exact) mass is 281 g/mol. The minimum absolute atomic E-state index is 0.0479. The number of nitrogens with zero attached hydrogens (tertiary/aromatic N) is 1. The molecule has 0 saturated carbocycles. The van der Waals surface area contributed by atoms with Crippen molar-refractivity contribution in [3.63, 3.8) is 0 Å². The fraction of sp³-hybridized carbons (Fsp3) is 0.500. The molecule has 20 heavy (non-hydrogen) atoms. The Morgan fingerprint density at radius 2 is 2.00 bits per heavy atom. The van der Waals surface area contributed by atoms with Crippen LogP contribution in [0, 0.1) is 0 Å². The van der Waals surface area contributed by atoms with E-state index in [1.54, 1.807) is 0 Å². The Labute approximate surface area is 119 Å². The third kappa shape index (κ3) is 6.40. The zero-order valence-electron chi connectivity index (χ0n) is 11.7. The number of hydrogen-bond acceptors (Lipinski definition) is 4. The van der Waals surface area contributed by atoms with Crippen molar-refractivity contribution in [3.05, 3.63) is 30.3 Å². The van der Waals surface area contributed by atoms with E-state index in [1.807, 2.05) is 37.4 Å². The first-order valence-corrected chi connectivity index (χ1v) is 6.70. The zero-order valence-corrected chi connectivity index (χ0v) is 11.7. The lowest BCUT2D eigenvalue weighted by molar-refractivity contribution is 0.0959. The second-order valence-corrected chi connectivity index (χ2v) is 4.58. The van der Waals surface area contributed by atoms with E-state index in [0.29, 0.717) is 6.54 Å². The van der Waals surface area contributed by atoms with Crippen LogP contribution in [0.4, 0.5) is 10.5 Å². The van der Waals surface area contributed by atoms with Crippen molar-refractivity contribution in [1.82, 2.24) is 10.6 Å². The number of benzene rings is 1. The van der Waals surface area contributed by atoms with Crippen LogP contribution in [-0.4, -0.2) is 55.6 Å². The fourth-order valence-electron chi connectivity index (χ4n) is 1.67. The average Bonchev–Trinajstić information content (AvgIpc) is 2.49. The number of aliphatic hydroxyl groups is 2. The van der Waals surface area contributed by atoms with E-state index in [4.69, 9.17) is 10.2 Å². The van der Waals surface area contributed by atoms with Crippen molar-refractivity contribution in [2.24, 2.45) is 0 Å². The second-order valence-electron chi connectivity index (χ2n) is 4.58. The van der Waals surface area contributed by atoms with Gasteiger partial charge in [-0.15, -0.1) is 0 Å². The zero-order chi connectivity index (χ0) is 14.8. The fourth-order valence-corrected chi connectivity index (χ4v) is 1.67. The van der Waals surface area contributed by atoms with Gasteiger partial charge in [0, 0.05) is 32.4 Å². The normalized spacial score (nSPS) is 11.8. The average molecular weight is 281 g/mol. The Morgan fingerprint density at radius 1 is 1.30 bits per heavy atom. The molecule has 0 spiro atoms. The Balaban J connectivity index is 2.11. The van der Waals surface area contributed by atoms with Crippen molar-refractivity contribution in [2.75, 3.05) is 38.2 Å². The Bertz CT molecular complexity index is 387. The molecular weight excluding hydrogens is 258 g/mol. The van der Waals surface area contributed by atoms with Crippen molar-refractivity contribution >= 4 is 11.7 Å². The quantitative estimate of drug-likeness (QED) is 0.512. The molecule has 0 aliphatic carbocycles. The first-order chi connectivity index (χ1) is 9.63. The highest BCUT2D eigenvalue weighted by Crippen LogP contribution is 2.10. The van der Waals surface area contributed by atoms with Crippen molar-refractivity contribution < 1.29 is 15.0 Å². The third-order valence-corrected chi connectivity index (χ3v) is 2.86. The number of anilines is 1. The summed E-state index contributed by atoms with van der Waals surface area (Å²) in [5.74, 6) is 0. The predicted octanol–water partition coefficient (Wildman–Crippen LogP) is 0.165. The van der Waals surface area contributed by atoms with Gasteiger partial charge in [0.2, 0.25) is 0 Å². The van der Waals surface area contributed by atoms with Crippen LogP contribution in [0.2, 0.25) is 0 Å². The van der Waals surface area contributed by atoms with Crippen LogP contribution < -0.4 is 15.5 Å². The maximum absolute atomic E-state index is 11.3. The molecule has 1 aromatic rings. The summed E-state index contributed by atoms with van der Waals surface area (Å²) in [4.78, 5) is 13.5. The minimum Gasteiger partial charge on any atom is -0.394 e. The first kappa shape index (κ1) is 16.3. The molecule has 6 nitrogen and oxygen atoms in total. The molecule has 0 radical (unpaired) electrons. The summed E-state index contributed by atoms with van der Waals surface area (Å²) in [5, 5.41) is 22.9. The van der Waals surface area contributed by atoms with Gasteiger partial charge in [-0.05, 0) is 18.6 Å². The number of amides is 2. The topological polar surface area (TPSA) is 84.8 Å². The van der Waals surface area contributed by atoms with Crippen LogP contribution in [0.15, 0.2) is 30.3 Å². The number of hydrogen-bond donors (Lipinski definition) is 4. The predicted molar refractivity (Wildman–Crippen MR) is 78.8 cm³/mol. The first-order valence-electron chi connectivity index (χ1n) is 6.70. The molecular formula is C14H23N3O3. The van der Waals surface area contributed by atoms with Crippen molar-refractivity contribution in [2.45, 2.75) is 12.5 Å². The van der Waals surface area contributed by atoms with Gasteiger partial charge < -0.3 is 25.7 Å². The van der Waals surface area contributed by atoms with Crippen LogP contribution in [0.3, 0.4) is 0 Å². The lowest BCUT2D eigenvalue weighted by Crippen LogP contribution is -2.41. The smallest absolute Gasteiger partial charge is 0.314 e. The number of carbonyl (C=O) groups excluding carboxylic acids is 1. The molecule has 1 rings (SSSR count). The number of para-hydroxylation sites is 1. The number of urea groups is 1. The van der Waals surface area contributed by atoms with E-state index in [-0.39, 0.29) is 19.2 Å². The van der Waals surface area contributed by atoms with Crippen molar-refractivity contribution in [3.8, 4) is 0 Å². The van der Waals surface area contributed by atoms with Gasteiger partial charge in [0.05, 0.1) is 12.7 Å². The Hall–Kier alpha value is -1.79. The molecule has 0 saturated heterocycles. The van der Waals surface area contributed by atoms with Crippen LogP contribution in [0.25, 0.3) is 0 Å². The molecule has 1 aromatic carbocycles. The molecule has 2 amide bonds. The molecule has 4 N–H and O–H groups in total. The van der Waals surface area contributed by atoms with Crippen molar-refractivity contribution in [1.29, 1.82) is 0 Å². The summed E-state index contributed by atoms with van der Waals surface area (Å²) >= 11 is 0. The summed E-state index contributed by atoms with van der Waals surface area (Å²) in [7, 11) is 2.01. The lowest BCUT2D eigenvalue weighted by atomic mass is 10.3. The molecule has 6 heteroatoms. The van der Waals surface area contributed by atoms with Gasteiger partial charge >= 0.3 is 6.03 Å². The molecule has 0 aliphatic heterocycles. The highest BCUT2D eigenvalue weighted by Gasteiger charge is 2.05. The van der Waals surface area contributed by atoms with Gasteiger partial charge in [0.25, 0.3) is 0 Å². The molecule has 0 unspecified atom stereocenters. The standard InChI is InChI=1S/C14H23N3O3/c1-17(12-6-3-2-4-7-12)9-5-8-15-14(20)16-10-13(19)11-18/h2-4,6-7,13,18-19H,5,8-11H2,1H3,(H2,15,16,20)/t13-/m0/s1. The van der Waals surface area contributed by atoms with Gasteiger partial charge in [0.15, 0.2) is 0 Å². The van der Waals surface area contributed by atoms with Gasteiger partial charge in [-0.25, -0.2) is 4.79 Å². The SMILES string of the molecule is CN(CCCNC(=O)NC[C@H](O)CO)c1ccccc1. The van der Waals surface area contributed by atoms with E-state index >= 15 is 0 Å². The van der Waals surface area contributed by atoms with Gasteiger partial charge in [-0.1, -0.05) is 18.2 Å². The summed E-state index contributed by atoms with van der Waals surface area (Å²) in [6.07, 6.45) is -0.0913. The maximum Gasteiger partial charge on any atom is 0.314 e. The molecule has 0 aliphatic rings. The van der Waals surface area contributed by atoms with E-state index in [1.165, 1.54) is 0 Å². The summed E-state index contributed by atoms with van der Waals surface area (Å²) in [6.45, 7) is 1.08. The maximum atomic E-state index is 11.3. The molecule has 0 fully saturated rings. The van der Waals surface area contributed by atoms with Crippen LogP contribution in [0.5, 0.6) is 0 Å². The number of carbonyl (C=O) groups is 1. The van der Waals surface area contributed by atoms with Gasteiger partial charge in [-0.3, -0.25) is 0 Å². The largest absolute Gasteiger partial charge is 0.394 e. The minimum atomic E-state index is -0.912. The lowest BCUT2D eigenvalue weighted by Gasteiger charge is -2.19. The highest BCUT2D eigenvalue weighted by atomic mass is 16.3. The van der Waals surface area contributed by atoms with E-state index in [0.717, 1.165) is 18.7 Å². The van der Waals surface area contributed by atoms with Gasteiger partial charge in [-0.2, -0.15) is 0 Å². The van der Waals surface area contributed by atoms with Crippen LogP contribution in [-0.2, 0) is 0 Å². The Morgan fingerprint density at radius 3 is 2.65 bits per heavy atom.